The summed E-state index contributed by atoms with van der Waals surface area (Å²) < 4.78 is 10.8. The Morgan fingerprint density at radius 2 is 1.83 bits per heavy atom. The highest BCUT2D eigenvalue weighted by atomic mass is 16.6. The first-order chi connectivity index (χ1) is 17.5. The molecule has 9 nitrogen and oxygen atoms in total. The Balaban J connectivity index is 1.70. The second-order valence-corrected chi connectivity index (χ2v) is 8.78. The molecule has 0 radical (unpaired) electrons. The van der Waals surface area contributed by atoms with E-state index >= 15 is 0 Å². The fourth-order valence-corrected chi connectivity index (χ4v) is 4.75. The van der Waals surface area contributed by atoms with E-state index in [2.05, 4.69) is 4.98 Å². The van der Waals surface area contributed by atoms with Crippen LogP contribution >= 0.6 is 0 Å². The van der Waals surface area contributed by atoms with Gasteiger partial charge in [0.25, 0.3) is 11.7 Å². The van der Waals surface area contributed by atoms with Crippen molar-refractivity contribution in [3.8, 4) is 5.75 Å². The fourth-order valence-electron chi connectivity index (χ4n) is 4.75. The summed E-state index contributed by atoms with van der Waals surface area (Å²) in [6.07, 6.45) is 4.63. The maximum Gasteiger partial charge on any atom is 0.409 e. The number of nitrogens with zero attached hydrogens (tertiary/aromatic N) is 3. The van der Waals surface area contributed by atoms with Crippen molar-refractivity contribution in [1.82, 2.24) is 14.8 Å². The Hall–Kier alpha value is -3.88. The summed E-state index contributed by atoms with van der Waals surface area (Å²) in [5, 5.41) is 11.3. The third-order valence-electron chi connectivity index (χ3n) is 6.47. The molecule has 1 aromatic carbocycles. The van der Waals surface area contributed by atoms with Gasteiger partial charge in [-0.25, -0.2) is 4.79 Å². The van der Waals surface area contributed by atoms with Gasteiger partial charge in [-0.05, 0) is 56.0 Å². The normalized spacial score (nSPS) is 20.0. The average molecular weight is 494 g/mol. The molecule has 2 aliphatic rings. The Morgan fingerprint density at radius 3 is 2.50 bits per heavy atom. The summed E-state index contributed by atoms with van der Waals surface area (Å²) in [6.45, 7) is 5.39. The molecule has 190 valence electrons. The van der Waals surface area contributed by atoms with E-state index in [4.69, 9.17) is 9.47 Å². The van der Waals surface area contributed by atoms with E-state index in [0.29, 0.717) is 56.0 Å². The van der Waals surface area contributed by atoms with Gasteiger partial charge in [-0.15, -0.1) is 0 Å². The number of rotatable bonds is 7. The Labute approximate surface area is 210 Å². The minimum atomic E-state index is -0.771. The molecular weight excluding hydrogens is 462 g/mol. The first-order valence-electron chi connectivity index (χ1n) is 12.3. The quantitative estimate of drug-likeness (QED) is 0.354. The van der Waals surface area contributed by atoms with E-state index in [1.165, 1.54) is 0 Å². The van der Waals surface area contributed by atoms with E-state index in [1.807, 2.05) is 6.92 Å². The number of aliphatic hydroxyl groups is 1. The zero-order valence-electron chi connectivity index (χ0n) is 20.6. The highest BCUT2D eigenvalue weighted by molar-refractivity contribution is 6.46. The first-order valence-corrected chi connectivity index (χ1v) is 12.3. The van der Waals surface area contributed by atoms with E-state index in [0.717, 1.165) is 6.42 Å². The molecule has 1 atom stereocenters. The molecule has 1 N–H and O–H groups in total. The van der Waals surface area contributed by atoms with Crippen LogP contribution in [0.15, 0.2) is 54.4 Å². The third kappa shape index (κ3) is 5.05. The molecule has 2 amide bonds. The van der Waals surface area contributed by atoms with Crippen LogP contribution in [0, 0.1) is 0 Å². The van der Waals surface area contributed by atoms with Crippen molar-refractivity contribution >= 4 is 23.5 Å². The van der Waals surface area contributed by atoms with Gasteiger partial charge in [0, 0.05) is 37.1 Å². The van der Waals surface area contributed by atoms with Crippen molar-refractivity contribution in [2.75, 3.05) is 26.3 Å². The lowest BCUT2D eigenvalue weighted by molar-refractivity contribution is -0.142. The Morgan fingerprint density at radius 1 is 1.11 bits per heavy atom. The number of Topliss-reactive ketones (excluding diaryl/α,β-unsaturated/α-hetero) is 1. The number of hydrogen-bond donors (Lipinski definition) is 1. The second-order valence-electron chi connectivity index (χ2n) is 8.78. The van der Waals surface area contributed by atoms with Crippen LogP contribution in [0.5, 0.6) is 5.75 Å². The van der Waals surface area contributed by atoms with Crippen molar-refractivity contribution in [2.24, 2.45) is 0 Å². The van der Waals surface area contributed by atoms with Gasteiger partial charge >= 0.3 is 6.09 Å². The molecule has 3 heterocycles. The molecule has 9 heteroatoms. The maximum absolute atomic E-state index is 13.3. The van der Waals surface area contributed by atoms with Gasteiger partial charge in [0.05, 0.1) is 24.8 Å². The van der Waals surface area contributed by atoms with Gasteiger partial charge in [-0.2, -0.15) is 0 Å². The van der Waals surface area contributed by atoms with Crippen LogP contribution in [0.25, 0.3) is 5.76 Å². The third-order valence-corrected chi connectivity index (χ3v) is 6.47. The number of carbonyl (C=O) groups is 3. The number of ether oxygens (including phenoxy) is 2. The molecule has 1 unspecified atom stereocenters. The Kier molecular flexibility index (Phi) is 7.87. The molecule has 2 aliphatic heterocycles. The van der Waals surface area contributed by atoms with Gasteiger partial charge in [-0.1, -0.05) is 19.1 Å². The highest BCUT2D eigenvalue weighted by Gasteiger charge is 2.49. The monoisotopic (exact) mass is 493 g/mol. The largest absolute Gasteiger partial charge is 0.507 e. The number of carbonyl (C=O) groups excluding carboxylic acids is 3. The molecule has 0 aliphatic carbocycles. The van der Waals surface area contributed by atoms with Crippen LogP contribution in [-0.4, -0.2) is 70.0 Å². The summed E-state index contributed by atoms with van der Waals surface area (Å²) in [7, 11) is 0. The maximum atomic E-state index is 13.3. The van der Waals surface area contributed by atoms with Crippen LogP contribution in [0.3, 0.4) is 0 Å². The molecule has 2 saturated heterocycles. The van der Waals surface area contributed by atoms with Crippen LogP contribution in [0.2, 0.25) is 0 Å². The molecule has 0 bridgehead atoms. The van der Waals surface area contributed by atoms with Gasteiger partial charge < -0.3 is 24.4 Å². The van der Waals surface area contributed by atoms with Crippen molar-refractivity contribution in [2.45, 2.75) is 45.2 Å². The topological polar surface area (TPSA) is 109 Å². The summed E-state index contributed by atoms with van der Waals surface area (Å²) >= 11 is 0. The second kappa shape index (κ2) is 11.2. The molecule has 2 aromatic rings. The summed E-state index contributed by atoms with van der Waals surface area (Å²) in [6, 6.07) is 9.30. The predicted octanol–water partition coefficient (Wildman–Crippen LogP) is 3.91. The minimum absolute atomic E-state index is 0.0339. The van der Waals surface area contributed by atoms with E-state index in [9.17, 15) is 19.5 Å². The smallest absolute Gasteiger partial charge is 0.409 e. The van der Waals surface area contributed by atoms with Gasteiger partial charge in [0.15, 0.2) is 0 Å². The van der Waals surface area contributed by atoms with E-state index in [1.54, 1.807) is 65.5 Å². The SMILES string of the molecule is CCCOc1cccc(/C(O)=C2\C(=O)C(=O)N(C3CCN(C(=O)OCC)CC3)C2c2ccncc2)c1. The number of amides is 2. The molecule has 36 heavy (non-hydrogen) atoms. The van der Waals surface area contributed by atoms with E-state index < -0.39 is 17.7 Å². The number of pyridine rings is 1. The zero-order chi connectivity index (χ0) is 25.7. The van der Waals surface area contributed by atoms with Crippen LogP contribution < -0.4 is 4.74 Å². The predicted molar refractivity (Wildman–Crippen MR) is 132 cm³/mol. The highest BCUT2D eigenvalue weighted by Crippen LogP contribution is 2.42. The van der Waals surface area contributed by atoms with Crippen LogP contribution in [0.1, 0.15) is 50.3 Å². The fraction of sp³-hybridized carbons (Fsp3) is 0.407. The van der Waals surface area contributed by atoms with Gasteiger partial charge in [0.1, 0.15) is 11.5 Å². The lowest BCUT2D eigenvalue weighted by Crippen LogP contribution is -2.48. The number of likely N-dealkylation sites (tertiary alicyclic amines) is 2. The number of benzene rings is 1. The number of hydrogen-bond acceptors (Lipinski definition) is 7. The van der Waals surface area contributed by atoms with Gasteiger partial charge in [0.2, 0.25) is 0 Å². The summed E-state index contributed by atoms with van der Waals surface area (Å²) in [5.74, 6) is -1.07. The number of piperidine rings is 1. The van der Waals surface area contributed by atoms with Crippen molar-refractivity contribution in [3.05, 3.63) is 65.5 Å². The summed E-state index contributed by atoms with van der Waals surface area (Å²) in [5.41, 5.74) is 1.11. The number of aliphatic hydroxyl groups excluding tert-OH is 1. The Bertz CT molecular complexity index is 1140. The molecular formula is C27H31N3O6. The number of aromatic nitrogens is 1. The lowest BCUT2D eigenvalue weighted by atomic mass is 9.94. The van der Waals surface area contributed by atoms with E-state index in [-0.39, 0.29) is 23.5 Å². The van der Waals surface area contributed by atoms with Crippen LogP contribution in [-0.2, 0) is 14.3 Å². The van der Waals surface area contributed by atoms with Crippen LogP contribution in [0.4, 0.5) is 4.79 Å². The standard InChI is InChI=1S/C27H31N3O6/c1-3-16-36-21-7-5-6-19(17-21)24(31)22-23(18-8-12-28-13-9-18)30(26(33)25(22)32)20-10-14-29(15-11-20)27(34)35-4-2/h5-9,12-13,17,20,23,31H,3-4,10-11,14-16H2,1-2H3/b24-22+. The molecule has 1 aromatic heterocycles. The molecule has 0 saturated carbocycles. The van der Waals surface area contributed by atoms with Crippen molar-refractivity contribution in [3.63, 3.8) is 0 Å². The molecule has 0 spiro atoms. The first kappa shape index (κ1) is 25.2. The average Bonchev–Trinajstić information content (AvgIpc) is 3.18. The van der Waals surface area contributed by atoms with Crippen molar-refractivity contribution in [1.29, 1.82) is 0 Å². The van der Waals surface area contributed by atoms with Crippen molar-refractivity contribution < 1.29 is 29.0 Å². The summed E-state index contributed by atoms with van der Waals surface area (Å²) in [4.78, 5) is 46.0. The number of ketones is 1. The molecule has 4 rings (SSSR count). The minimum Gasteiger partial charge on any atom is -0.507 e. The molecule has 2 fully saturated rings. The lowest BCUT2D eigenvalue weighted by Gasteiger charge is -2.38. The zero-order valence-corrected chi connectivity index (χ0v) is 20.6. The van der Waals surface area contributed by atoms with Gasteiger partial charge in [-0.3, -0.25) is 14.6 Å².